The Morgan fingerprint density at radius 3 is 2.68 bits per heavy atom. The van der Waals surface area contributed by atoms with Crippen molar-refractivity contribution in [3.63, 3.8) is 0 Å². The Labute approximate surface area is 114 Å². The SMILES string of the molecule is CC(CCO)CNC(=O)C(C#N)Cc1ccccc1. The smallest absolute Gasteiger partial charge is 0.237 e. The number of aliphatic hydroxyl groups excluding tert-OH is 1. The first-order chi connectivity index (χ1) is 9.17. The van der Waals surface area contributed by atoms with Gasteiger partial charge in [0.25, 0.3) is 0 Å². The fourth-order valence-electron chi connectivity index (χ4n) is 1.77. The molecule has 0 spiro atoms. The van der Waals surface area contributed by atoms with E-state index < -0.39 is 5.92 Å². The van der Waals surface area contributed by atoms with Gasteiger partial charge in [0, 0.05) is 13.2 Å². The number of aliphatic hydroxyl groups is 1. The molecular weight excluding hydrogens is 240 g/mol. The summed E-state index contributed by atoms with van der Waals surface area (Å²) < 4.78 is 0. The van der Waals surface area contributed by atoms with Crippen molar-refractivity contribution in [1.29, 1.82) is 5.26 Å². The van der Waals surface area contributed by atoms with Gasteiger partial charge in [-0.1, -0.05) is 37.3 Å². The first kappa shape index (κ1) is 15.2. The maximum absolute atomic E-state index is 11.9. The lowest BCUT2D eigenvalue weighted by atomic mass is 9.99. The molecule has 0 saturated carbocycles. The van der Waals surface area contributed by atoms with Crippen LogP contribution >= 0.6 is 0 Å². The van der Waals surface area contributed by atoms with Crippen LogP contribution in [0.5, 0.6) is 0 Å². The van der Waals surface area contributed by atoms with Crippen LogP contribution in [0, 0.1) is 23.2 Å². The Morgan fingerprint density at radius 2 is 2.11 bits per heavy atom. The standard InChI is InChI=1S/C15H20N2O2/c1-12(7-8-18)11-17-15(19)14(10-16)9-13-5-3-2-4-6-13/h2-6,12,14,18H,7-9,11H2,1H3,(H,17,19). The van der Waals surface area contributed by atoms with Crippen LogP contribution in [-0.4, -0.2) is 24.2 Å². The topological polar surface area (TPSA) is 73.1 Å². The molecule has 1 amide bonds. The minimum atomic E-state index is -0.663. The number of hydrogen-bond acceptors (Lipinski definition) is 3. The van der Waals surface area contributed by atoms with Gasteiger partial charge in [-0.15, -0.1) is 0 Å². The van der Waals surface area contributed by atoms with E-state index in [1.54, 1.807) is 0 Å². The third-order valence-corrected chi connectivity index (χ3v) is 3.00. The van der Waals surface area contributed by atoms with Gasteiger partial charge in [-0.05, 0) is 24.3 Å². The zero-order valence-electron chi connectivity index (χ0n) is 11.2. The van der Waals surface area contributed by atoms with Crippen molar-refractivity contribution >= 4 is 5.91 Å². The minimum absolute atomic E-state index is 0.114. The summed E-state index contributed by atoms with van der Waals surface area (Å²) in [6.07, 6.45) is 1.08. The summed E-state index contributed by atoms with van der Waals surface area (Å²) in [4.78, 5) is 11.9. The molecule has 0 aliphatic heterocycles. The highest BCUT2D eigenvalue weighted by atomic mass is 16.3. The number of nitriles is 1. The van der Waals surface area contributed by atoms with Crippen molar-refractivity contribution in [3.8, 4) is 6.07 Å². The second kappa shape index (κ2) is 8.28. The van der Waals surface area contributed by atoms with Crippen LogP contribution in [0.2, 0.25) is 0 Å². The van der Waals surface area contributed by atoms with Crippen molar-refractivity contribution in [2.45, 2.75) is 19.8 Å². The first-order valence-electron chi connectivity index (χ1n) is 6.49. The Bertz CT molecular complexity index is 426. The summed E-state index contributed by atoms with van der Waals surface area (Å²) >= 11 is 0. The molecule has 0 aliphatic carbocycles. The summed E-state index contributed by atoms with van der Waals surface area (Å²) in [5, 5.41) is 20.6. The van der Waals surface area contributed by atoms with E-state index in [0.29, 0.717) is 19.4 Å². The molecule has 1 aromatic carbocycles. The van der Waals surface area contributed by atoms with Gasteiger partial charge in [-0.25, -0.2) is 0 Å². The second-order valence-corrected chi connectivity index (χ2v) is 4.73. The van der Waals surface area contributed by atoms with Gasteiger partial charge in [0.2, 0.25) is 5.91 Å². The third kappa shape index (κ3) is 5.54. The number of amides is 1. The first-order valence-corrected chi connectivity index (χ1v) is 6.49. The Hall–Kier alpha value is -1.86. The van der Waals surface area contributed by atoms with Gasteiger partial charge in [-0.2, -0.15) is 5.26 Å². The molecule has 4 heteroatoms. The molecule has 2 unspecified atom stereocenters. The molecule has 0 radical (unpaired) electrons. The largest absolute Gasteiger partial charge is 0.396 e. The van der Waals surface area contributed by atoms with Crippen molar-refractivity contribution in [3.05, 3.63) is 35.9 Å². The van der Waals surface area contributed by atoms with E-state index >= 15 is 0 Å². The molecule has 1 aromatic rings. The molecule has 0 aromatic heterocycles. The predicted molar refractivity (Wildman–Crippen MR) is 73.1 cm³/mol. The summed E-state index contributed by atoms with van der Waals surface area (Å²) in [5.41, 5.74) is 0.979. The van der Waals surface area contributed by atoms with E-state index in [9.17, 15) is 4.79 Å². The highest BCUT2D eigenvalue weighted by molar-refractivity contribution is 5.81. The summed E-state index contributed by atoms with van der Waals surface area (Å²) in [6.45, 7) is 2.56. The summed E-state index contributed by atoms with van der Waals surface area (Å²) in [7, 11) is 0. The number of carbonyl (C=O) groups excluding carboxylic acids is 1. The quantitative estimate of drug-likeness (QED) is 0.780. The van der Waals surface area contributed by atoms with Crippen LogP contribution in [-0.2, 0) is 11.2 Å². The molecular formula is C15H20N2O2. The predicted octanol–water partition coefficient (Wildman–Crippen LogP) is 1.50. The number of nitrogens with one attached hydrogen (secondary N) is 1. The molecule has 102 valence electrons. The molecule has 0 bridgehead atoms. The van der Waals surface area contributed by atoms with Gasteiger partial charge < -0.3 is 10.4 Å². The lowest BCUT2D eigenvalue weighted by Gasteiger charge is -2.14. The summed E-state index contributed by atoms with van der Waals surface area (Å²) in [6, 6.07) is 11.6. The molecule has 19 heavy (non-hydrogen) atoms. The van der Waals surface area contributed by atoms with Crippen LogP contribution in [0.3, 0.4) is 0 Å². The maximum atomic E-state index is 11.9. The van der Waals surface area contributed by atoms with E-state index in [1.807, 2.05) is 43.3 Å². The molecule has 0 saturated heterocycles. The van der Waals surface area contributed by atoms with Crippen molar-refractivity contribution in [2.24, 2.45) is 11.8 Å². The highest BCUT2D eigenvalue weighted by Crippen LogP contribution is 2.08. The van der Waals surface area contributed by atoms with E-state index in [1.165, 1.54) is 0 Å². The van der Waals surface area contributed by atoms with Gasteiger partial charge >= 0.3 is 0 Å². The Morgan fingerprint density at radius 1 is 1.42 bits per heavy atom. The molecule has 2 N–H and O–H groups in total. The molecule has 1 rings (SSSR count). The molecule has 4 nitrogen and oxygen atoms in total. The normalized spacial score (nSPS) is 13.3. The fourth-order valence-corrected chi connectivity index (χ4v) is 1.77. The van der Waals surface area contributed by atoms with Crippen LogP contribution in [0.25, 0.3) is 0 Å². The number of benzene rings is 1. The van der Waals surface area contributed by atoms with E-state index in [2.05, 4.69) is 5.32 Å². The van der Waals surface area contributed by atoms with Gasteiger partial charge in [0.15, 0.2) is 0 Å². The summed E-state index contributed by atoms with van der Waals surface area (Å²) in [5.74, 6) is -0.690. The third-order valence-electron chi connectivity index (χ3n) is 3.00. The monoisotopic (exact) mass is 260 g/mol. The zero-order valence-corrected chi connectivity index (χ0v) is 11.2. The van der Waals surface area contributed by atoms with Gasteiger partial charge in [0.1, 0.15) is 5.92 Å². The fraction of sp³-hybridized carbons (Fsp3) is 0.467. The van der Waals surface area contributed by atoms with Crippen LogP contribution in [0.15, 0.2) is 30.3 Å². The Balaban J connectivity index is 2.47. The zero-order chi connectivity index (χ0) is 14.1. The van der Waals surface area contributed by atoms with Crippen molar-refractivity contribution in [2.75, 3.05) is 13.2 Å². The van der Waals surface area contributed by atoms with E-state index in [-0.39, 0.29) is 18.4 Å². The van der Waals surface area contributed by atoms with Crippen LogP contribution in [0.4, 0.5) is 0 Å². The number of nitrogens with zero attached hydrogens (tertiary/aromatic N) is 1. The average molecular weight is 260 g/mol. The lowest BCUT2D eigenvalue weighted by molar-refractivity contribution is -0.123. The number of rotatable bonds is 7. The van der Waals surface area contributed by atoms with Crippen molar-refractivity contribution in [1.82, 2.24) is 5.32 Å². The average Bonchev–Trinajstić information content (AvgIpc) is 2.43. The van der Waals surface area contributed by atoms with Crippen LogP contribution < -0.4 is 5.32 Å². The van der Waals surface area contributed by atoms with Gasteiger partial charge in [-0.3, -0.25) is 4.79 Å². The molecule has 2 atom stereocenters. The molecule has 0 heterocycles. The van der Waals surface area contributed by atoms with E-state index in [0.717, 1.165) is 5.56 Å². The Kier molecular flexibility index (Phi) is 6.62. The highest BCUT2D eigenvalue weighted by Gasteiger charge is 2.18. The van der Waals surface area contributed by atoms with E-state index in [4.69, 9.17) is 10.4 Å². The maximum Gasteiger partial charge on any atom is 0.237 e. The molecule has 0 fully saturated rings. The second-order valence-electron chi connectivity index (χ2n) is 4.73. The van der Waals surface area contributed by atoms with Crippen LogP contribution in [0.1, 0.15) is 18.9 Å². The van der Waals surface area contributed by atoms with Crippen molar-refractivity contribution < 1.29 is 9.90 Å². The van der Waals surface area contributed by atoms with Gasteiger partial charge in [0.05, 0.1) is 6.07 Å². The minimum Gasteiger partial charge on any atom is -0.396 e. The lowest BCUT2D eigenvalue weighted by Crippen LogP contribution is -2.34. The number of carbonyl (C=O) groups is 1. The molecule has 0 aliphatic rings. The number of hydrogen-bond donors (Lipinski definition) is 2.